The van der Waals surface area contributed by atoms with Crippen LogP contribution in [0.4, 0.5) is 5.82 Å². The Balaban J connectivity index is 1.09. The molecule has 5 aromatic carbocycles. The van der Waals surface area contributed by atoms with Crippen LogP contribution in [0.15, 0.2) is 155 Å². The van der Waals surface area contributed by atoms with E-state index in [4.69, 9.17) is 18.6 Å². The van der Waals surface area contributed by atoms with Gasteiger partial charge in [-0.25, -0.2) is 15.0 Å². The Bertz CT molecular complexity index is 2660. The Morgan fingerprint density at radius 2 is 1.35 bits per heavy atom. The molecule has 0 atom stereocenters. The molecule has 0 saturated heterocycles. The number of hydrogen-bond acceptors (Lipinski definition) is 10. The van der Waals surface area contributed by atoms with Crippen molar-refractivity contribution in [3.05, 3.63) is 169 Å². The van der Waals surface area contributed by atoms with Gasteiger partial charge in [-0.2, -0.15) is 0 Å². The van der Waals surface area contributed by atoms with Gasteiger partial charge >= 0.3 is 0 Å². The SMILES string of the molecule is COc1ccc(-c2ccc(COCc3oc(-n4cnc5c(NC(=O)c6ccccc6)ncnc54)cc3SC(=O)c3ccccc3)c(-c3ccc(OC)cc3)c2)cc1. The van der Waals surface area contributed by atoms with E-state index in [1.165, 1.54) is 6.33 Å². The molecule has 3 heterocycles. The van der Waals surface area contributed by atoms with E-state index in [0.29, 0.717) is 38.8 Å². The van der Waals surface area contributed by atoms with Crippen LogP contribution in [0, 0.1) is 0 Å². The standard InChI is InChI=1S/C45H35N5O6S/c1-53-35-19-15-29(16-20-35)33-13-14-34(37(23-33)30-17-21-36(54-2)22-18-30)25-55-26-38-39(57-45(52)32-11-7-4-8-12-32)24-40(56-38)50-28-48-41-42(46-27-47-43(41)50)49-44(51)31-9-5-3-6-10-31/h3-24,27-28H,25-26H2,1-2H3,(H,46,47,49,51). The highest BCUT2D eigenvalue weighted by molar-refractivity contribution is 8.14. The quantitative estimate of drug-likeness (QED) is 0.113. The molecule has 0 aliphatic heterocycles. The van der Waals surface area contributed by atoms with Crippen LogP contribution >= 0.6 is 11.8 Å². The van der Waals surface area contributed by atoms with Crippen molar-refractivity contribution in [3.63, 3.8) is 0 Å². The van der Waals surface area contributed by atoms with Crippen LogP contribution in [-0.2, 0) is 18.0 Å². The summed E-state index contributed by atoms with van der Waals surface area (Å²) in [6.07, 6.45) is 2.89. The lowest BCUT2D eigenvalue weighted by Crippen LogP contribution is -2.13. The summed E-state index contributed by atoms with van der Waals surface area (Å²) in [5, 5.41) is 2.68. The molecule has 0 spiro atoms. The molecule has 0 unspecified atom stereocenters. The molecule has 57 heavy (non-hydrogen) atoms. The molecule has 0 radical (unpaired) electrons. The van der Waals surface area contributed by atoms with Crippen molar-refractivity contribution in [2.75, 3.05) is 19.5 Å². The number of nitrogens with zero attached hydrogens (tertiary/aromatic N) is 4. The van der Waals surface area contributed by atoms with Gasteiger partial charge in [0.25, 0.3) is 5.91 Å². The van der Waals surface area contributed by atoms with Gasteiger partial charge in [0.1, 0.15) is 36.5 Å². The molecular formula is C45H35N5O6S. The van der Waals surface area contributed by atoms with E-state index in [0.717, 1.165) is 51.1 Å². The molecule has 11 nitrogen and oxygen atoms in total. The predicted molar refractivity (Wildman–Crippen MR) is 219 cm³/mol. The highest BCUT2D eigenvalue weighted by atomic mass is 32.2. The van der Waals surface area contributed by atoms with Crippen LogP contribution in [0.3, 0.4) is 0 Å². The van der Waals surface area contributed by atoms with Gasteiger partial charge in [-0.1, -0.05) is 84.9 Å². The van der Waals surface area contributed by atoms with Gasteiger partial charge in [-0.15, -0.1) is 0 Å². The molecule has 8 aromatic rings. The number of thioether (sulfide) groups is 1. The third kappa shape index (κ3) is 8.18. The van der Waals surface area contributed by atoms with Crippen LogP contribution in [0.25, 0.3) is 39.3 Å². The van der Waals surface area contributed by atoms with Crippen molar-refractivity contribution in [1.29, 1.82) is 0 Å². The number of aromatic nitrogens is 4. The second kappa shape index (κ2) is 16.8. The first-order chi connectivity index (χ1) is 28.0. The number of ether oxygens (including phenoxy) is 3. The fourth-order valence-electron chi connectivity index (χ4n) is 6.25. The lowest BCUT2D eigenvalue weighted by atomic mass is 9.94. The molecule has 0 fully saturated rings. The van der Waals surface area contributed by atoms with E-state index in [1.54, 1.807) is 67.6 Å². The number of furan rings is 1. The van der Waals surface area contributed by atoms with Gasteiger partial charge in [-0.05, 0) is 82.0 Å². The fraction of sp³-hybridized carbons (Fsp3) is 0.0889. The normalized spacial score (nSPS) is 11.1. The van der Waals surface area contributed by atoms with Gasteiger partial charge in [-0.3, -0.25) is 14.2 Å². The zero-order valence-electron chi connectivity index (χ0n) is 30.9. The Hall–Kier alpha value is -7.02. The number of hydrogen-bond donors (Lipinski definition) is 1. The van der Waals surface area contributed by atoms with Crippen molar-refractivity contribution < 1.29 is 28.2 Å². The monoisotopic (exact) mass is 773 g/mol. The van der Waals surface area contributed by atoms with Crippen LogP contribution < -0.4 is 14.8 Å². The second-order valence-electron chi connectivity index (χ2n) is 12.8. The number of rotatable bonds is 13. The van der Waals surface area contributed by atoms with E-state index in [1.807, 2.05) is 72.8 Å². The van der Waals surface area contributed by atoms with Crippen molar-refractivity contribution in [1.82, 2.24) is 19.5 Å². The zero-order valence-corrected chi connectivity index (χ0v) is 31.7. The Morgan fingerprint density at radius 3 is 2.04 bits per heavy atom. The highest BCUT2D eigenvalue weighted by Crippen LogP contribution is 2.35. The number of nitrogens with one attached hydrogen (secondary N) is 1. The van der Waals surface area contributed by atoms with Crippen LogP contribution in [0.5, 0.6) is 11.5 Å². The Labute approximate surface area is 332 Å². The minimum absolute atomic E-state index is 0.0622. The largest absolute Gasteiger partial charge is 0.497 e. The maximum atomic E-state index is 13.5. The van der Waals surface area contributed by atoms with Gasteiger partial charge in [0.15, 0.2) is 17.0 Å². The van der Waals surface area contributed by atoms with E-state index in [2.05, 4.69) is 38.5 Å². The summed E-state index contributed by atoms with van der Waals surface area (Å²) in [4.78, 5) is 40.2. The third-order valence-corrected chi connectivity index (χ3v) is 10.2. The first-order valence-corrected chi connectivity index (χ1v) is 18.7. The lowest BCUT2D eigenvalue weighted by Gasteiger charge is -2.14. The molecule has 12 heteroatoms. The summed E-state index contributed by atoms with van der Waals surface area (Å²) in [6.45, 7) is 0.315. The Kier molecular flexibility index (Phi) is 10.9. The molecule has 0 saturated carbocycles. The molecule has 0 aliphatic rings. The number of carbonyl (C=O) groups is 2. The molecular weight excluding hydrogens is 739 g/mol. The number of imidazole rings is 1. The molecule has 0 aliphatic carbocycles. The van der Waals surface area contributed by atoms with Gasteiger partial charge in [0.05, 0.1) is 25.7 Å². The van der Waals surface area contributed by atoms with Gasteiger partial charge in [0, 0.05) is 17.2 Å². The smallest absolute Gasteiger partial charge is 0.256 e. The molecule has 8 rings (SSSR count). The minimum atomic E-state index is -0.328. The van der Waals surface area contributed by atoms with E-state index in [9.17, 15) is 9.59 Å². The van der Waals surface area contributed by atoms with Crippen molar-refractivity contribution >= 4 is 39.8 Å². The topological polar surface area (TPSA) is 131 Å². The highest BCUT2D eigenvalue weighted by Gasteiger charge is 2.21. The molecule has 282 valence electrons. The predicted octanol–water partition coefficient (Wildman–Crippen LogP) is 9.66. The van der Waals surface area contributed by atoms with Crippen molar-refractivity contribution in [2.45, 2.75) is 18.1 Å². The molecule has 3 aromatic heterocycles. The van der Waals surface area contributed by atoms with Crippen LogP contribution in [0.2, 0.25) is 0 Å². The number of fused-ring (bicyclic) bond motifs is 1. The lowest BCUT2D eigenvalue weighted by molar-refractivity contribution is 0.0910. The van der Waals surface area contributed by atoms with Crippen molar-refractivity contribution in [2.24, 2.45) is 0 Å². The van der Waals surface area contributed by atoms with Gasteiger partial charge < -0.3 is 23.9 Å². The van der Waals surface area contributed by atoms with Crippen LogP contribution in [-0.4, -0.2) is 44.8 Å². The summed E-state index contributed by atoms with van der Waals surface area (Å²) in [7, 11) is 3.30. The second-order valence-corrected chi connectivity index (χ2v) is 13.8. The van der Waals surface area contributed by atoms with Crippen molar-refractivity contribution in [3.8, 4) is 39.6 Å². The summed E-state index contributed by atoms with van der Waals surface area (Å²) >= 11 is 1.05. The maximum Gasteiger partial charge on any atom is 0.256 e. The number of amides is 1. The van der Waals surface area contributed by atoms with E-state index in [-0.39, 0.29) is 30.1 Å². The number of carbonyl (C=O) groups excluding carboxylic acids is 2. The first kappa shape index (κ1) is 36.9. The summed E-state index contributed by atoms with van der Waals surface area (Å²) in [5.41, 5.74) is 6.86. The molecule has 0 bridgehead atoms. The number of benzene rings is 5. The minimum Gasteiger partial charge on any atom is -0.497 e. The average Bonchev–Trinajstić information content (AvgIpc) is 3.89. The molecule has 1 N–H and O–H groups in total. The Morgan fingerprint density at radius 1 is 0.702 bits per heavy atom. The zero-order chi connectivity index (χ0) is 39.1. The van der Waals surface area contributed by atoms with E-state index >= 15 is 0 Å². The summed E-state index contributed by atoms with van der Waals surface area (Å²) in [5.74, 6) is 2.29. The maximum absolute atomic E-state index is 13.5. The van der Waals surface area contributed by atoms with Crippen LogP contribution in [0.1, 0.15) is 32.0 Å². The summed E-state index contributed by atoms with van der Waals surface area (Å²) in [6, 6.07) is 41.8. The fourth-order valence-corrected chi connectivity index (χ4v) is 7.08. The number of anilines is 1. The molecule has 1 amide bonds. The third-order valence-electron chi connectivity index (χ3n) is 9.23. The number of methoxy groups -OCH3 is 2. The average molecular weight is 774 g/mol. The summed E-state index contributed by atoms with van der Waals surface area (Å²) < 4.78 is 25.2. The van der Waals surface area contributed by atoms with E-state index < -0.39 is 0 Å². The first-order valence-electron chi connectivity index (χ1n) is 17.9. The van der Waals surface area contributed by atoms with Gasteiger partial charge in [0.2, 0.25) is 11.0 Å².